The highest BCUT2D eigenvalue weighted by molar-refractivity contribution is 5.66. The molecule has 2 aromatic rings. The first-order valence-electron chi connectivity index (χ1n) is 7.89. The second kappa shape index (κ2) is 7.29. The zero-order chi connectivity index (χ0) is 17.8. The Balaban J connectivity index is 1.86. The average molecular weight is 347 g/mol. The minimum absolute atomic E-state index is 0.00405. The van der Waals surface area contributed by atoms with Crippen LogP contribution in [0.2, 0.25) is 0 Å². The Morgan fingerprint density at radius 2 is 2.00 bits per heavy atom. The van der Waals surface area contributed by atoms with E-state index >= 15 is 0 Å². The topological polar surface area (TPSA) is 84.6 Å². The molecular formula is C16H18FN5O3. The second-order valence-corrected chi connectivity index (χ2v) is 5.64. The van der Waals surface area contributed by atoms with E-state index in [4.69, 9.17) is 4.74 Å². The van der Waals surface area contributed by atoms with Gasteiger partial charge in [-0.2, -0.15) is 5.10 Å². The number of rotatable bonds is 4. The largest absolute Gasteiger partial charge is 0.494 e. The number of hydrogen-bond acceptors (Lipinski definition) is 7. The summed E-state index contributed by atoms with van der Waals surface area (Å²) in [5, 5.41) is 19.3. The molecule has 0 bridgehead atoms. The van der Waals surface area contributed by atoms with Crippen LogP contribution >= 0.6 is 0 Å². The molecule has 0 unspecified atom stereocenters. The summed E-state index contributed by atoms with van der Waals surface area (Å²) in [6, 6.07) is 6.01. The fourth-order valence-electron chi connectivity index (χ4n) is 2.94. The summed E-state index contributed by atoms with van der Waals surface area (Å²) >= 11 is 0. The molecule has 0 saturated carbocycles. The first kappa shape index (κ1) is 16.9. The van der Waals surface area contributed by atoms with Gasteiger partial charge < -0.3 is 14.5 Å². The number of benzene rings is 1. The number of methoxy groups -OCH3 is 1. The van der Waals surface area contributed by atoms with Gasteiger partial charge in [0.25, 0.3) is 5.69 Å². The van der Waals surface area contributed by atoms with E-state index in [9.17, 15) is 14.5 Å². The van der Waals surface area contributed by atoms with Crippen molar-refractivity contribution in [1.29, 1.82) is 0 Å². The Bertz CT molecular complexity index is 759. The maximum absolute atomic E-state index is 13.9. The molecule has 25 heavy (non-hydrogen) atoms. The number of nitrogens with zero attached hydrogens (tertiary/aromatic N) is 5. The van der Waals surface area contributed by atoms with Crippen molar-refractivity contribution < 1.29 is 14.1 Å². The molecule has 1 aliphatic heterocycles. The van der Waals surface area contributed by atoms with Crippen molar-refractivity contribution in [2.75, 3.05) is 43.1 Å². The van der Waals surface area contributed by atoms with Gasteiger partial charge in [0, 0.05) is 38.4 Å². The van der Waals surface area contributed by atoms with Crippen molar-refractivity contribution in [1.82, 2.24) is 10.2 Å². The van der Waals surface area contributed by atoms with Crippen LogP contribution in [0.5, 0.6) is 5.75 Å². The minimum atomic E-state index is -0.742. The summed E-state index contributed by atoms with van der Waals surface area (Å²) in [7, 11) is 1.34. The molecule has 9 heteroatoms. The second-order valence-electron chi connectivity index (χ2n) is 5.64. The van der Waals surface area contributed by atoms with E-state index in [2.05, 4.69) is 15.1 Å². The Labute approximate surface area is 144 Å². The monoisotopic (exact) mass is 347 g/mol. The van der Waals surface area contributed by atoms with Crippen LogP contribution < -0.4 is 14.5 Å². The maximum Gasteiger partial charge on any atom is 0.295 e. The molecule has 0 amide bonds. The molecule has 1 aromatic carbocycles. The molecular weight excluding hydrogens is 329 g/mol. The third kappa shape index (κ3) is 3.59. The Hall–Kier alpha value is -2.97. The van der Waals surface area contributed by atoms with Crippen LogP contribution in [0, 0.1) is 15.9 Å². The minimum Gasteiger partial charge on any atom is -0.494 e. The van der Waals surface area contributed by atoms with E-state index in [0.29, 0.717) is 25.3 Å². The first-order valence-corrected chi connectivity index (χ1v) is 7.89. The quantitative estimate of drug-likeness (QED) is 0.619. The SMILES string of the molecule is COc1cc(N2CCCN(c3cccnn3)CC2)c([N+](=O)[O-])cc1F. The van der Waals surface area contributed by atoms with Gasteiger partial charge in [-0.3, -0.25) is 10.1 Å². The molecule has 1 aromatic heterocycles. The summed E-state index contributed by atoms with van der Waals surface area (Å²) in [6.07, 6.45) is 2.40. The fourth-order valence-corrected chi connectivity index (χ4v) is 2.94. The highest BCUT2D eigenvalue weighted by Gasteiger charge is 2.25. The number of aromatic nitrogens is 2. The number of ether oxygens (including phenoxy) is 1. The predicted molar refractivity (Wildman–Crippen MR) is 90.7 cm³/mol. The van der Waals surface area contributed by atoms with Gasteiger partial charge >= 0.3 is 0 Å². The molecule has 2 heterocycles. The number of hydrogen-bond donors (Lipinski definition) is 0. The predicted octanol–water partition coefficient (Wildman–Crippen LogP) is 2.25. The molecule has 132 valence electrons. The van der Waals surface area contributed by atoms with Crippen LogP contribution in [0.4, 0.5) is 21.6 Å². The number of nitro benzene ring substituents is 1. The number of halogens is 1. The fraction of sp³-hybridized carbons (Fsp3) is 0.375. The van der Waals surface area contributed by atoms with Crippen LogP contribution in [-0.4, -0.2) is 48.4 Å². The van der Waals surface area contributed by atoms with Gasteiger partial charge in [-0.1, -0.05) is 0 Å². The molecule has 0 radical (unpaired) electrons. The van der Waals surface area contributed by atoms with Crippen molar-refractivity contribution in [2.24, 2.45) is 0 Å². The van der Waals surface area contributed by atoms with E-state index in [1.807, 2.05) is 17.0 Å². The lowest BCUT2D eigenvalue weighted by molar-refractivity contribution is -0.384. The summed E-state index contributed by atoms with van der Waals surface area (Å²) < 4.78 is 18.8. The van der Waals surface area contributed by atoms with Crippen molar-refractivity contribution in [3.63, 3.8) is 0 Å². The molecule has 0 N–H and O–H groups in total. The van der Waals surface area contributed by atoms with Crippen LogP contribution in [0.3, 0.4) is 0 Å². The van der Waals surface area contributed by atoms with E-state index < -0.39 is 10.7 Å². The van der Waals surface area contributed by atoms with Crippen molar-refractivity contribution >= 4 is 17.2 Å². The Morgan fingerprint density at radius 3 is 2.68 bits per heavy atom. The lowest BCUT2D eigenvalue weighted by atomic mass is 10.2. The lowest BCUT2D eigenvalue weighted by Gasteiger charge is -2.24. The molecule has 0 aliphatic carbocycles. The van der Waals surface area contributed by atoms with Gasteiger partial charge in [0.2, 0.25) is 0 Å². The lowest BCUT2D eigenvalue weighted by Crippen LogP contribution is -2.31. The summed E-state index contributed by atoms with van der Waals surface area (Å²) in [5.74, 6) is 0.0279. The van der Waals surface area contributed by atoms with Crippen LogP contribution in [-0.2, 0) is 0 Å². The zero-order valence-corrected chi connectivity index (χ0v) is 13.8. The van der Waals surface area contributed by atoms with Crippen molar-refractivity contribution in [2.45, 2.75) is 6.42 Å². The zero-order valence-electron chi connectivity index (χ0n) is 13.8. The Kier molecular flexibility index (Phi) is 4.92. The van der Waals surface area contributed by atoms with E-state index in [0.717, 1.165) is 24.8 Å². The number of nitro groups is 1. The van der Waals surface area contributed by atoms with Gasteiger partial charge in [-0.05, 0) is 18.6 Å². The highest BCUT2D eigenvalue weighted by atomic mass is 19.1. The summed E-state index contributed by atoms with van der Waals surface area (Å²) in [5.41, 5.74) is 0.107. The van der Waals surface area contributed by atoms with Gasteiger partial charge in [0.1, 0.15) is 5.69 Å². The normalized spacial score (nSPS) is 15.0. The smallest absolute Gasteiger partial charge is 0.295 e. The van der Waals surface area contributed by atoms with E-state index in [1.54, 1.807) is 6.20 Å². The first-order chi connectivity index (χ1) is 12.1. The molecule has 8 nitrogen and oxygen atoms in total. The third-order valence-corrected chi connectivity index (χ3v) is 4.16. The molecule has 1 saturated heterocycles. The summed E-state index contributed by atoms with van der Waals surface area (Å²) in [6.45, 7) is 2.56. The molecule has 3 rings (SSSR count). The molecule has 1 fully saturated rings. The van der Waals surface area contributed by atoms with Crippen molar-refractivity contribution in [3.05, 3.63) is 46.4 Å². The van der Waals surface area contributed by atoms with Crippen LogP contribution in [0.15, 0.2) is 30.5 Å². The van der Waals surface area contributed by atoms with Crippen LogP contribution in [0.1, 0.15) is 6.42 Å². The third-order valence-electron chi connectivity index (χ3n) is 4.16. The van der Waals surface area contributed by atoms with Gasteiger partial charge in [-0.15, -0.1) is 5.10 Å². The van der Waals surface area contributed by atoms with Gasteiger partial charge in [0.15, 0.2) is 17.4 Å². The van der Waals surface area contributed by atoms with E-state index in [1.165, 1.54) is 13.2 Å². The molecule has 1 aliphatic rings. The van der Waals surface area contributed by atoms with Gasteiger partial charge in [-0.25, -0.2) is 4.39 Å². The van der Waals surface area contributed by atoms with Crippen molar-refractivity contribution in [3.8, 4) is 5.75 Å². The average Bonchev–Trinajstić information content (AvgIpc) is 2.88. The number of anilines is 2. The Morgan fingerprint density at radius 1 is 1.24 bits per heavy atom. The van der Waals surface area contributed by atoms with E-state index in [-0.39, 0.29) is 11.4 Å². The molecule has 0 atom stereocenters. The maximum atomic E-state index is 13.9. The highest BCUT2D eigenvalue weighted by Crippen LogP contribution is 2.35. The molecule has 0 spiro atoms. The van der Waals surface area contributed by atoms with Crippen LogP contribution in [0.25, 0.3) is 0 Å². The summed E-state index contributed by atoms with van der Waals surface area (Å²) in [4.78, 5) is 14.7. The standard InChI is InChI=1S/C16H18FN5O3/c1-25-15-11-13(14(22(23)24)10-12(15)17)20-6-3-7-21(9-8-20)16-4-2-5-18-19-16/h2,4-5,10-11H,3,6-9H2,1H3. The van der Waals surface area contributed by atoms with Gasteiger partial charge in [0.05, 0.1) is 18.1 Å².